The molecule has 0 atom stereocenters. The van der Waals surface area contributed by atoms with Crippen molar-refractivity contribution < 1.29 is 4.74 Å². The number of ether oxygens (including phenoxy) is 1. The fourth-order valence-corrected chi connectivity index (χ4v) is 1.85. The molecule has 0 amide bonds. The Labute approximate surface area is 101 Å². The van der Waals surface area contributed by atoms with Gasteiger partial charge in [0.05, 0.1) is 17.2 Å². The summed E-state index contributed by atoms with van der Waals surface area (Å²) in [4.78, 5) is 0. The van der Waals surface area contributed by atoms with Gasteiger partial charge in [-0.1, -0.05) is 18.5 Å². The number of nitriles is 1. The van der Waals surface area contributed by atoms with Gasteiger partial charge < -0.3 is 10.1 Å². The highest BCUT2D eigenvalue weighted by Gasteiger charge is 2.09. The lowest BCUT2D eigenvalue weighted by atomic mass is 10.1. The van der Waals surface area contributed by atoms with Gasteiger partial charge in [0.1, 0.15) is 6.07 Å². The molecule has 16 heavy (non-hydrogen) atoms. The second-order valence-electron chi connectivity index (χ2n) is 3.34. The van der Waals surface area contributed by atoms with Gasteiger partial charge in [0.2, 0.25) is 0 Å². The number of hydrogen-bond acceptors (Lipinski definition) is 3. The molecule has 0 unspecified atom stereocenters. The topological polar surface area (TPSA) is 45.0 Å². The van der Waals surface area contributed by atoms with E-state index in [1.165, 1.54) is 0 Å². The molecule has 1 rings (SSSR count). The molecule has 3 nitrogen and oxygen atoms in total. The predicted molar refractivity (Wildman–Crippen MR) is 65.9 cm³/mol. The Hall–Kier alpha value is -1.24. The van der Waals surface area contributed by atoms with Crippen LogP contribution in [0.25, 0.3) is 0 Å². The van der Waals surface area contributed by atoms with Crippen molar-refractivity contribution in [1.29, 1.82) is 5.26 Å². The van der Waals surface area contributed by atoms with E-state index in [2.05, 4.69) is 11.4 Å². The molecule has 1 N–H and O–H groups in total. The van der Waals surface area contributed by atoms with E-state index in [0.29, 0.717) is 17.2 Å². The number of hydrogen-bond donors (Lipinski definition) is 1. The summed E-state index contributed by atoms with van der Waals surface area (Å²) < 4.78 is 4.96. The maximum atomic E-state index is 8.87. The second kappa shape index (κ2) is 6.37. The Morgan fingerprint density at radius 2 is 2.25 bits per heavy atom. The molecule has 1 aromatic rings. The molecule has 0 aliphatic rings. The van der Waals surface area contributed by atoms with Crippen LogP contribution in [0.15, 0.2) is 12.1 Å². The minimum atomic E-state index is 0.524. The van der Waals surface area contributed by atoms with Crippen molar-refractivity contribution in [3.8, 4) is 6.07 Å². The normalized spacial score (nSPS) is 9.88. The molecule has 0 aromatic heterocycles. The Kier molecular flexibility index (Phi) is 5.10. The van der Waals surface area contributed by atoms with Crippen LogP contribution in [-0.2, 0) is 11.2 Å². The molecule has 0 fully saturated rings. The first-order valence-electron chi connectivity index (χ1n) is 5.18. The maximum Gasteiger partial charge on any atom is 0.101 e. The van der Waals surface area contributed by atoms with E-state index in [1.807, 2.05) is 13.0 Å². The van der Waals surface area contributed by atoms with Gasteiger partial charge in [-0.15, -0.1) is 0 Å². The summed E-state index contributed by atoms with van der Waals surface area (Å²) >= 11 is 6.13. The molecule has 0 saturated heterocycles. The van der Waals surface area contributed by atoms with E-state index in [9.17, 15) is 0 Å². The van der Waals surface area contributed by atoms with Crippen LogP contribution >= 0.6 is 11.6 Å². The zero-order chi connectivity index (χ0) is 12.0. The van der Waals surface area contributed by atoms with Crippen LogP contribution in [0.4, 0.5) is 5.69 Å². The van der Waals surface area contributed by atoms with Gasteiger partial charge in [-0.3, -0.25) is 0 Å². The molecule has 4 heteroatoms. The summed E-state index contributed by atoms with van der Waals surface area (Å²) in [5.41, 5.74) is 2.48. The van der Waals surface area contributed by atoms with E-state index in [4.69, 9.17) is 21.6 Å². The zero-order valence-electron chi connectivity index (χ0n) is 9.51. The fourth-order valence-electron chi connectivity index (χ4n) is 1.51. The van der Waals surface area contributed by atoms with Crippen molar-refractivity contribution in [2.24, 2.45) is 0 Å². The van der Waals surface area contributed by atoms with Crippen molar-refractivity contribution in [2.75, 3.05) is 25.6 Å². The highest BCUT2D eigenvalue weighted by molar-refractivity contribution is 6.32. The lowest BCUT2D eigenvalue weighted by Crippen LogP contribution is -2.09. The Morgan fingerprint density at radius 3 is 2.81 bits per heavy atom. The SMILES string of the molecule is CCc1c(NCCOC)ccc(C#N)c1Cl. The average Bonchev–Trinajstić information content (AvgIpc) is 2.30. The molecule has 0 heterocycles. The van der Waals surface area contributed by atoms with Crippen LogP contribution < -0.4 is 5.32 Å². The van der Waals surface area contributed by atoms with Crippen molar-refractivity contribution in [2.45, 2.75) is 13.3 Å². The van der Waals surface area contributed by atoms with Crippen LogP contribution in [0.3, 0.4) is 0 Å². The van der Waals surface area contributed by atoms with Gasteiger partial charge in [-0.05, 0) is 24.1 Å². The van der Waals surface area contributed by atoms with Gasteiger partial charge in [0.25, 0.3) is 0 Å². The molecule has 0 saturated carbocycles. The minimum absolute atomic E-state index is 0.524. The number of nitrogens with zero attached hydrogens (tertiary/aromatic N) is 1. The minimum Gasteiger partial charge on any atom is -0.383 e. The number of methoxy groups -OCH3 is 1. The number of nitrogens with one attached hydrogen (secondary N) is 1. The highest BCUT2D eigenvalue weighted by atomic mass is 35.5. The van der Waals surface area contributed by atoms with Crippen LogP contribution in [0.1, 0.15) is 18.1 Å². The molecule has 0 bridgehead atoms. The van der Waals surface area contributed by atoms with E-state index in [0.717, 1.165) is 24.2 Å². The summed E-state index contributed by atoms with van der Waals surface area (Å²) in [6, 6.07) is 5.70. The van der Waals surface area contributed by atoms with E-state index < -0.39 is 0 Å². The van der Waals surface area contributed by atoms with E-state index in [-0.39, 0.29) is 0 Å². The van der Waals surface area contributed by atoms with Gasteiger partial charge in [0, 0.05) is 19.3 Å². The first-order chi connectivity index (χ1) is 7.74. The van der Waals surface area contributed by atoms with Gasteiger partial charge >= 0.3 is 0 Å². The van der Waals surface area contributed by atoms with Crippen molar-refractivity contribution >= 4 is 17.3 Å². The smallest absolute Gasteiger partial charge is 0.101 e. The number of halogens is 1. The van der Waals surface area contributed by atoms with Gasteiger partial charge in [-0.2, -0.15) is 5.26 Å². The quantitative estimate of drug-likeness (QED) is 0.803. The van der Waals surface area contributed by atoms with Crippen LogP contribution in [0.5, 0.6) is 0 Å². The van der Waals surface area contributed by atoms with Crippen LogP contribution in [-0.4, -0.2) is 20.3 Å². The summed E-state index contributed by atoms with van der Waals surface area (Å²) in [5.74, 6) is 0. The Morgan fingerprint density at radius 1 is 1.50 bits per heavy atom. The monoisotopic (exact) mass is 238 g/mol. The predicted octanol–water partition coefficient (Wildman–Crippen LogP) is 2.83. The molecule has 86 valence electrons. The Balaban J connectivity index is 2.93. The van der Waals surface area contributed by atoms with Crippen molar-refractivity contribution in [3.63, 3.8) is 0 Å². The summed E-state index contributed by atoms with van der Waals surface area (Å²) in [5, 5.41) is 12.7. The first kappa shape index (κ1) is 12.8. The van der Waals surface area contributed by atoms with Gasteiger partial charge in [-0.25, -0.2) is 0 Å². The van der Waals surface area contributed by atoms with Crippen molar-refractivity contribution in [1.82, 2.24) is 0 Å². The summed E-state index contributed by atoms with van der Waals surface area (Å²) in [7, 11) is 1.66. The molecule has 0 radical (unpaired) electrons. The zero-order valence-corrected chi connectivity index (χ0v) is 10.3. The molecule has 1 aromatic carbocycles. The number of anilines is 1. The molecule has 0 aliphatic carbocycles. The lowest BCUT2D eigenvalue weighted by molar-refractivity contribution is 0.211. The summed E-state index contributed by atoms with van der Waals surface area (Å²) in [6.45, 7) is 3.39. The third kappa shape index (κ3) is 2.88. The fraction of sp³-hybridized carbons (Fsp3) is 0.417. The molecular formula is C12H15ClN2O. The van der Waals surface area contributed by atoms with E-state index in [1.54, 1.807) is 13.2 Å². The standard InChI is InChI=1S/C12H15ClN2O/c1-3-10-11(15-6-7-16-2)5-4-9(8-14)12(10)13/h4-5,15H,3,6-7H2,1-2H3. The highest BCUT2D eigenvalue weighted by Crippen LogP contribution is 2.28. The van der Waals surface area contributed by atoms with Crippen LogP contribution in [0.2, 0.25) is 5.02 Å². The lowest BCUT2D eigenvalue weighted by Gasteiger charge is -2.12. The average molecular weight is 239 g/mol. The van der Waals surface area contributed by atoms with Crippen LogP contribution in [0, 0.1) is 11.3 Å². The molecular weight excluding hydrogens is 224 g/mol. The summed E-state index contributed by atoms with van der Waals surface area (Å²) in [6.07, 6.45) is 0.795. The molecule has 0 aliphatic heterocycles. The number of benzene rings is 1. The Bertz CT molecular complexity index is 399. The second-order valence-corrected chi connectivity index (χ2v) is 3.72. The number of rotatable bonds is 5. The maximum absolute atomic E-state index is 8.87. The molecule has 0 spiro atoms. The van der Waals surface area contributed by atoms with Gasteiger partial charge in [0.15, 0.2) is 0 Å². The third-order valence-corrected chi connectivity index (χ3v) is 2.77. The first-order valence-corrected chi connectivity index (χ1v) is 5.56. The van der Waals surface area contributed by atoms with Crippen molar-refractivity contribution in [3.05, 3.63) is 28.3 Å². The largest absolute Gasteiger partial charge is 0.383 e. The van der Waals surface area contributed by atoms with E-state index >= 15 is 0 Å². The third-order valence-electron chi connectivity index (χ3n) is 2.34.